The molecule has 4 aliphatic rings. The third-order valence-electron chi connectivity index (χ3n) is 6.59. The molecule has 3 aliphatic heterocycles. The summed E-state index contributed by atoms with van der Waals surface area (Å²) in [5.41, 5.74) is 0. The van der Waals surface area contributed by atoms with E-state index in [1.807, 2.05) is 4.90 Å². The van der Waals surface area contributed by atoms with Gasteiger partial charge in [-0.2, -0.15) is 0 Å². The second kappa shape index (κ2) is 7.82. The van der Waals surface area contributed by atoms with Gasteiger partial charge in [-0.05, 0) is 38.6 Å². The van der Waals surface area contributed by atoms with Gasteiger partial charge in [-0.3, -0.25) is 19.4 Å². The minimum atomic E-state index is -0.0134. The van der Waals surface area contributed by atoms with Crippen molar-refractivity contribution in [2.75, 3.05) is 53.0 Å². The molecule has 3 saturated heterocycles. The van der Waals surface area contributed by atoms with Crippen LogP contribution in [0.15, 0.2) is 0 Å². The van der Waals surface area contributed by atoms with Gasteiger partial charge in [0.05, 0.1) is 13.2 Å². The molecule has 1 saturated carbocycles. The van der Waals surface area contributed by atoms with Crippen LogP contribution in [0.5, 0.6) is 0 Å². The Bertz CT molecular complexity index is 533. The van der Waals surface area contributed by atoms with E-state index < -0.39 is 0 Å². The van der Waals surface area contributed by atoms with Crippen molar-refractivity contribution in [1.29, 1.82) is 0 Å². The minimum absolute atomic E-state index is 0.0134. The van der Waals surface area contributed by atoms with E-state index in [4.69, 9.17) is 4.74 Å². The maximum absolute atomic E-state index is 12.7. The summed E-state index contributed by atoms with van der Waals surface area (Å²) in [7, 11) is 2.14. The molecule has 4 fully saturated rings. The summed E-state index contributed by atoms with van der Waals surface area (Å²) in [4.78, 5) is 31.9. The van der Waals surface area contributed by atoms with E-state index in [2.05, 4.69) is 22.2 Å². The zero-order chi connectivity index (χ0) is 18.1. The Morgan fingerprint density at radius 1 is 1.19 bits per heavy atom. The molecule has 0 aromatic rings. The molecule has 3 heterocycles. The van der Waals surface area contributed by atoms with Crippen molar-refractivity contribution in [3.8, 4) is 0 Å². The van der Waals surface area contributed by atoms with Crippen molar-refractivity contribution in [1.82, 2.24) is 20.0 Å². The summed E-state index contributed by atoms with van der Waals surface area (Å²) in [5.74, 6) is 1.20. The van der Waals surface area contributed by atoms with Gasteiger partial charge in [-0.15, -0.1) is 0 Å². The summed E-state index contributed by atoms with van der Waals surface area (Å²) in [5, 5.41) is 3.16. The van der Waals surface area contributed by atoms with Gasteiger partial charge in [-0.25, -0.2) is 0 Å². The van der Waals surface area contributed by atoms with E-state index in [0.29, 0.717) is 39.3 Å². The number of likely N-dealkylation sites (tertiary alicyclic amines) is 1. The lowest BCUT2D eigenvalue weighted by Gasteiger charge is -2.33. The van der Waals surface area contributed by atoms with Gasteiger partial charge >= 0.3 is 0 Å². The van der Waals surface area contributed by atoms with Crippen LogP contribution in [-0.2, 0) is 14.3 Å². The molecule has 0 radical (unpaired) electrons. The number of carbonyl (C=O) groups is 2. The lowest BCUT2D eigenvalue weighted by Crippen LogP contribution is -2.50. The van der Waals surface area contributed by atoms with Crippen molar-refractivity contribution in [2.24, 2.45) is 5.92 Å². The van der Waals surface area contributed by atoms with E-state index in [1.165, 1.54) is 12.8 Å². The van der Waals surface area contributed by atoms with Gasteiger partial charge in [0.1, 0.15) is 6.04 Å². The van der Waals surface area contributed by atoms with Gasteiger partial charge in [-0.1, -0.05) is 0 Å². The molecule has 1 N–H and O–H groups in total. The summed E-state index contributed by atoms with van der Waals surface area (Å²) in [6, 6.07) is 0.500. The SMILES string of the molecule is CN1[C@@H](CCC(=O)N2CCOCC2)CNC(=O)[C@@H]2[C@H]1CCN2CC1CC1. The first kappa shape index (κ1) is 18.2. The Labute approximate surface area is 156 Å². The number of hydrogen-bond acceptors (Lipinski definition) is 5. The number of hydrogen-bond donors (Lipinski definition) is 1. The number of ether oxygens (including phenoxy) is 1. The molecule has 4 rings (SSSR count). The van der Waals surface area contributed by atoms with Crippen molar-refractivity contribution in [2.45, 2.75) is 50.2 Å². The molecule has 146 valence electrons. The van der Waals surface area contributed by atoms with Crippen molar-refractivity contribution in [3.05, 3.63) is 0 Å². The molecular formula is C19H32N4O3. The third-order valence-corrected chi connectivity index (χ3v) is 6.59. The first-order valence-corrected chi connectivity index (χ1v) is 10.2. The Morgan fingerprint density at radius 2 is 1.96 bits per heavy atom. The predicted molar refractivity (Wildman–Crippen MR) is 97.7 cm³/mol. The van der Waals surface area contributed by atoms with Gasteiger partial charge in [0.2, 0.25) is 11.8 Å². The third kappa shape index (κ3) is 3.89. The van der Waals surface area contributed by atoms with E-state index >= 15 is 0 Å². The molecule has 0 aromatic heterocycles. The Kier molecular flexibility index (Phi) is 5.47. The van der Waals surface area contributed by atoms with Crippen molar-refractivity contribution in [3.63, 3.8) is 0 Å². The number of rotatable bonds is 5. The second-order valence-corrected chi connectivity index (χ2v) is 8.34. The van der Waals surface area contributed by atoms with Crippen LogP contribution in [0, 0.1) is 5.92 Å². The summed E-state index contributed by atoms with van der Waals surface area (Å²) in [6.45, 7) is 5.44. The zero-order valence-corrected chi connectivity index (χ0v) is 15.9. The number of likely N-dealkylation sites (N-methyl/N-ethyl adjacent to an activating group) is 1. The standard InChI is InChI=1S/C19H32N4O3/c1-21-15(4-5-17(24)22-8-10-26-11-9-22)12-20-19(25)18-16(21)6-7-23(18)13-14-2-3-14/h14-16,18H,2-13H2,1H3,(H,20,25)/t15-,16+,18-/m0/s1. The minimum Gasteiger partial charge on any atom is -0.378 e. The highest BCUT2D eigenvalue weighted by atomic mass is 16.5. The lowest BCUT2D eigenvalue weighted by atomic mass is 10.0. The summed E-state index contributed by atoms with van der Waals surface area (Å²) >= 11 is 0. The largest absolute Gasteiger partial charge is 0.378 e. The van der Waals surface area contributed by atoms with E-state index in [-0.39, 0.29) is 29.9 Å². The first-order valence-electron chi connectivity index (χ1n) is 10.2. The molecule has 0 bridgehead atoms. The normalized spacial score (nSPS) is 33.7. The summed E-state index contributed by atoms with van der Waals surface area (Å²) < 4.78 is 5.32. The fraction of sp³-hybridized carbons (Fsp3) is 0.895. The maximum Gasteiger partial charge on any atom is 0.239 e. The molecule has 2 amide bonds. The molecule has 0 aromatic carbocycles. The van der Waals surface area contributed by atoms with Crippen LogP contribution in [0.2, 0.25) is 0 Å². The van der Waals surface area contributed by atoms with E-state index in [9.17, 15) is 9.59 Å². The van der Waals surface area contributed by atoms with Gasteiger partial charge in [0.15, 0.2) is 0 Å². The van der Waals surface area contributed by atoms with Gasteiger partial charge < -0.3 is 15.0 Å². The molecule has 0 unspecified atom stereocenters. The molecule has 1 aliphatic carbocycles. The van der Waals surface area contributed by atoms with Gasteiger partial charge in [0.25, 0.3) is 0 Å². The topological polar surface area (TPSA) is 65.1 Å². The fourth-order valence-electron chi connectivity index (χ4n) is 4.75. The van der Waals surface area contributed by atoms with Crippen molar-refractivity contribution >= 4 is 11.8 Å². The molecule has 7 heteroatoms. The van der Waals surface area contributed by atoms with Crippen molar-refractivity contribution < 1.29 is 14.3 Å². The average Bonchev–Trinajstić information content (AvgIpc) is 3.39. The van der Waals surface area contributed by atoms with Crippen LogP contribution >= 0.6 is 0 Å². The Balaban J connectivity index is 1.34. The molecule has 3 atom stereocenters. The average molecular weight is 364 g/mol. The number of amides is 2. The highest BCUT2D eigenvalue weighted by Gasteiger charge is 2.46. The fourth-order valence-corrected chi connectivity index (χ4v) is 4.75. The molecule has 0 spiro atoms. The van der Waals surface area contributed by atoms with Crippen LogP contribution < -0.4 is 5.32 Å². The van der Waals surface area contributed by atoms with Crippen LogP contribution in [0.4, 0.5) is 0 Å². The monoisotopic (exact) mass is 364 g/mol. The molecular weight excluding hydrogens is 332 g/mol. The smallest absolute Gasteiger partial charge is 0.239 e. The quantitative estimate of drug-likeness (QED) is 0.739. The van der Waals surface area contributed by atoms with Crippen LogP contribution in [-0.4, -0.2) is 97.6 Å². The zero-order valence-electron chi connectivity index (χ0n) is 15.9. The number of nitrogens with zero attached hydrogens (tertiary/aromatic N) is 3. The van der Waals surface area contributed by atoms with Crippen LogP contribution in [0.25, 0.3) is 0 Å². The van der Waals surface area contributed by atoms with Crippen LogP contribution in [0.3, 0.4) is 0 Å². The number of fused-ring (bicyclic) bond motifs is 1. The van der Waals surface area contributed by atoms with E-state index in [1.54, 1.807) is 0 Å². The van der Waals surface area contributed by atoms with Crippen LogP contribution in [0.1, 0.15) is 32.1 Å². The maximum atomic E-state index is 12.7. The highest BCUT2D eigenvalue weighted by molar-refractivity contribution is 5.83. The van der Waals surface area contributed by atoms with Gasteiger partial charge in [0, 0.05) is 51.2 Å². The Hall–Kier alpha value is -1.18. The number of morpholine rings is 1. The van der Waals surface area contributed by atoms with E-state index in [0.717, 1.165) is 31.8 Å². The molecule has 26 heavy (non-hydrogen) atoms. The number of nitrogens with one attached hydrogen (secondary N) is 1. The summed E-state index contributed by atoms with van der Waals surface area (Å²) in [6.07, 6.45) is 5.04. The highest BCUT2D eigenvalue weighted by Crippen LogP contribution is 2.34. The Morgan fingerprint density at radius 3 is 2.69 bits per heavy atom. The second-order valence-electron chi connectivity index (χ2n) is 8.34. The lowest BCUT2D eigenvalue weighted by molar-refractivity contribution is -0.135. The predicted octanol–water partition coefficient (Wildman–Crippen LogP) is -0.0915. The molecule has 7 nitrogen and oxygen atoms in total. The number of carbonyl (C=O) groups excluding carboxylic acids is 2. The first-order chi connectivity index (χ1) is 12.6.